The first kappa shape index (κ1) is 12.5. The Morgan fingerprint density at radius 1 is 1.59 bits per heavy atom. The Morgan fingerprint density at radius 2 is 2.41 bits per heavy atom. The van der Waals surface area contributed by atoms with Crippen molar-refractivity contribution in [3.05, 3.63) is 30.1 Å². The highest BCUT2D eigenvalue weighted by Crippen LogP contribution is 2.26. The van der Waals surface area contributed by atoms with Crippen LogP contribution in [0.1, 0.15) is 25.5 Å². The molecule has 0 amide bonds. The maximum Gasteiger partial charge on any atom is 0.0620 e. The predicted octanol–water partition coefficient (Wildman–Crippen LogP) is 1.19. The van der Waals surface area contributed by atoms with Crippen molar-refractivity contribution in [2.75, 3.05) is 19.8 Å². The number of hydrogen-bond donors (Lipinski definition) is 1. The van der Waals surface area contributed by atoms with E-state index >= 15 is 0 Å². The molecule has 0 saturated carbocycles. The maximum absolute atomic E-state index is 6.15. The first-order valence-corrected chi connectivity index (χ1v) is 6.19. The lowest BCUT2D eigenvalue weighted by molar-refractivity contribution is -0.0269. The summed E-state index contributed by atoms with van der Waals surface area (Å²) < 4.78 is 5.48. The molecule has 0 radical (unpaired) electrons. The lowest BCUT2D eigenvalue weighted by Crippen LogP contribution is -2.50. The van der Waals surface area contributed by atoms with Gasteiger partial charge in [0.1, 0.15) is 0 Å². The van der Waals surface area contributed by atoms with Gasteiger partial charge in [-0.15, -0.1) is 0 Å². The number of rotatable bonds is 3. The zero-order valence-corrected chi connectivity index (χ0v) is 10.5. The third-order valence-electron chi connectivity index (χ3n) is 3.30. The van der Waals surface area contributed by atoms with E-state index < -0.39 is 0 Å². The maximum atomic E-state index is 6.15. The molecule has 3 unspecified atom stereocenters. The molecule has 2 N–H and O–H groups in total. The molecule has 0 bridgehead atoms. The van der Waals surface area contributed by atoms with Crippen LogP contribution in [0.3, 0.4) is 0 Å². The zero-order valence-electron chi connectivity index (χ0n) is 10.5. The largest absolute Gasteiger partial charge is 0.379 e. The van der Waals surface area contributed by atoms with Crippen molar-refractivity contribution in [2.45, 2.75) is 32.0 Å². The molecular weight excluding hydrogens is 214 g/mol. The van der Waals surface area contributed by atoms with Gasteiger partial charge in [-0.2, -0.15) is 0 Å². The molecule has 0 aromatic carbocycles. The number of ether oxygens (including phenoxy) is 1. The molecule has 1 aliphatic rings. The number of hydrogen-bond acceptors (Lipinski definition) is 4. The highest BCUT2D eigenvalue weighted by atomic mass is 16.5. The second-order valence-electron chi connectivity index (χ2n) is 4.75. The number of nitrogens with zero attached hydrogens (tertiary/aromatic N) is 2. The molecular formula is C13H21N3O. The molecule has 1 fully saturated rings. The Bertz CT molecular complexity index is 342. The van der Waals surface area contributed by atoms with Crippen LogP contribution < -0.4 is 5.73 Å². The quantitative estimate of drug-likeness (QED) is 0.855. The summed E-state index contributed by atoms with van der Waals surface area (Å²) in [5, 5.41) is 0. The van der Waals surface area contributed by atoms with Crippen LogP contribution in [-0.2, 0) is 4.74 Å². The van der Waals surface area contributed by atoms with E-state index in [1.54, 1.807) is 6.20 Å². The van der Waals surface area contributed by atoms with Gasteiger partial charge in [0.05, 0.1) is 19.3 Å². The normalized spacial score (nSPS) is 25.5. The zero-order chi connectivity index (χ0) is 12.3. The lowest BCUT2D eigenvalue weighted by Gasteiger charge is -2.41. The van der Waals surface area contributed by atoms with E-state index in [0.29, 0.717) is 6.04 Å². The van der Waals surface area contributed by atoms with Crippen LogP contribution in [0.25, 0.3) is 0 Å². The van der Waals surface area contributed by atoms with Crippen molar-refractivity contribution in [3.63, 3.8) is 0 Å². The summed E-state index contributed by atoms with van der Waals surface area (Å²) in [5.74, 6) is 0. The van der Waals surface area contributed by atoms with Crippen LogP contribution in [0, 0.1) is 0 Å². The van der Waals surface area contributed by atoms with E-state index in [9.17, 15) is 0 Å². The first-order valence-electron chi connectivity index (χ1n) is 6.19. The Kier molecular flexibility index (Phi) is 4.10. The summed E-state index contributed by atoms with van der Waals surface area (Å²) in [6.45, 7) is 6.74. The SMILES string of the molecule is CC(N)C(c1cccnc1)N1CCOCC1C. The van der Waals surface area contributed by atoms with Crippen molar-refractivity contribution in [1.82, 2.24) is 9.88 Å². The number of morpholine rings is 1. The molecule has 94 valence electrons. The van der Waals surface area contributed by atoms with Crippen molar-refractivity contribution in [1.29, 1.82) is 0 Å². The van der Waals surface area contributed by atoms with Gasteiger partial charge in [0.15, 0.2) is 0 Å². The minimum absolute atomic E-state index is 0.0831. The van der Waals surface area contributed by atoms with Crippen molar-refractivity contribution in [3.8, 4) is 0 Å². The van der Waals surface area contributed by atoms with E-state index in [4.69, 9.17) is 10.5 Å². The van der Waals surface area contributed by atoms with Gasteiger partial charge >= 0.3 is 0 Å². The van der Waals surface area contributed by atoms with Crippen LogP contribution in [0.2, 0.25) is 0 Å². The van der Waals surface area contributed by atoms with Crippen LogP contribution in [0.4, 0.5) is 0 Å². The Labute approximate surface area is 103 Å². The second kappa shape index (κ2) is 5.58. The fraction of sp³-hybridized carbons (Fsp3) is 0.615. The highest BCUT2D eigenvalue weighted by molar-refractivity contribution is 5.16. The van der Waals surface area contributed by atoms with Gasteiger partial charge in [0.2, 0.25) is 0 Å². The third kappa shape index (κ3) is 2.83. The molecule has 4 heteroatoms. The fourth-order valence-electron chi connectivity index (χ4n) is 2.50. The van der Waals surface area contributed by atoms with Crippen LogP contribution >= 0.6 is 0 Å². The predicted molar refractivity (Wildman–Crippen MR) is 67.6 cm³/mol. The van der Waals surface area contributed by atoms with Crippen molar-refractivity contribution < 1.29 is 4.74 Å². The van der Waals surface area contributed by atoms with E-state index in [2.05, 4.69) is 29.8 Å². The summed E-state index contributed by atoms with van der Waals surface area (Å²) in [7, 11) is 0. The van der Waals surface area contributed by atoms with Crippen LogP contribution in [0.15, 0.2) is 24.5 Å². The summed E-state index contributed by atoms with van der Waals surface area (Å²) in [4.78, 5) is 6.62. The summed E-state index contributed by atoms with van der Waals surface area (Å²) in [5.41, 5.74) is 7.34. The molecule has 2 rings (SSSR count). The molecule has 3 atom stereocenters. The third-order valence-corrected chi connectivity index (χ3v) is 3.30. The highest BCUT2D eigenvalue weighted by Gasteiger charge is 2.30. The summed E-state index contributed by atoms with van der Waals surface area (Å²) in [6, 6.07) is 4.78. The molecule has 1 aromatic rings. The topological polar surface area (TPSA) is 51.4 Å². The van der Waals surface area contributed by atoms with Gasteiger partial charge in [-0.3, -0.25) is 9.88 Å². The molecule has 1 aliphatic heterocycles. The average molecular weight is 235 g/mol. The number of aromatic nitrogens is 1. The standard InChI is InChI=1S/C13H21N3O/c1-10-9-17-7-6-16(10)13(11(2)14)12-4-3-5-15-8-12/h3-5,8,10-11,13H,6-7,9,14H2,1-2H3. The fourth-order valence-corrected chi connectivity index (χ4v) is 2.50. The van der Waals surface area contributed by atoms with E-state index in [-0.39, 0.29) is 12.1 Å². The smallest absolute Gasteiger partial charge is 0.0620 e. The Morgan fingerprint density at radius 3 is 3.00 bits per heavy atom. The average Bonchev–Trinajstić information content (AvgIpc) is 2.33. The molecule has 2 heterocycles. The van der Waals surface area contributed by atoms with Gasteiger partial charge in [0.25, 0.3) is 0 Å². The van der Waals surface area contributed by atoms with E-state index in [0.717, 1.165) is 19.8 Å². The van der Waals surface area contributed by atoms with Gasteiger partial charge in [0, 0.05) is 31.0 Å². The summed E-state index contributed by atoms with van der Waals surface area (Å²) in [6.07, 6.45) is 3.71. The molecule has 0 aliphatic carbocycles. The van der Waals surface area contributed by atoms with Crippen LogP contribution in [-0.4, -0.2) is 41.7 Å². The van der Waals surface area contributed by atoms with Crippen LogP contribution in [0.5, 0.6) is 0 Å². The van der Waals surface area contributed by atoms with Crippen molar-refractivity contribution >= 4 is 0 Å². The Hall–Kier alpha value is -0.970. The van der Waals surface area contributed by atoms with Gasteiger partial charge in [-0.1, -0.05) is 6.07 Å². The number of pyridine rings is 1. The van der Waals surface area contributed by atoms with E-state index in [1.165, 1.54) is 5.56 Å². The molecule has 4 nitrogen and oxygen atoms in total. The van der Waals surface area contributed by atoms with Crippen molar-refractivity contribution in [2.24, 2.45) is 5.73 Å². The van der Waals surface area contributed by atoms with Gasteiger partial charge in [-0.05, 0) is 25.5 Å². The molecule has 1 aromatic heterocycles. The lowest BCUT2D eigenvalue weighted by atomic mass is 9.99. The van der Waals surface area contributed by atoms with E-state index in [1.807, 2.05) is 12.3 Å². The molecule has 17 heavy (non-hydrogen) atoms. The monoisotopic (exact) mass is 235 g/mol. The molecule has 1 saturated heterocycles. The summed E-state index contributed by atoms with van der Waals surface area (Å²) >= 11 is 0. The Balaban J connectivity index is 2.22. The first-order chi connectivity index (χ1) is 8.20. The van der Waals surface area contributed by atoms with Gasteiger partial charge < -0.3 is 10.5 Å². The second-order valence-corrected chi connectivity index (χ2v) is 4.75. The molecule has 0 spiro atoms. The number of nitrogens with two attached hydrogens (primary N) is 1. The van der Waals surface area contributed by atoms with Gasteiger partial charge in [-0.25, -0.2) is 0 Å². The minimum Gasteiger partial charge on any atom is -0.379 e. The minimum atomic E-state index is 0.0831.